The fraction of sp³-hybridized carbons (Fsp3) is 0.320. The number of primary amides is 1. The average molecular weight is 432 g/mol. The molecule has 164 valence electrons. The van der Waals surface area contributed by atoms with E-state index >= 15 is 0 Å². The number of hydrogen-bond donors (Lipinski definition) is 2. The molecular weight excluding hydrogens is 407 g/mol. The van der Waals surface area contributed by atoms with Crippen LogP contribution in [0.1, 0.15) is 59.5 Å². The predicted octanol–water partition coefficient (Wildman–Crippen LogP) is 5.01. The number of nitrogens with two attached hydrogens (primary N) is 1. The summed E-state index contributed by atoms with van der Waals surface area (Å²) in [4.78, 5) is 23.9. The van der Waals surface area contributed by atoms with Gasteiger partial charge in [0.1, 0.15) is 17.7 Å². The smallest absolute Gasteiger partial charge is 0.248 e. The molecular formula is C25H25FN4O2. The number of benzene rings is 2. The number of H-pyrrole nitrogens is 1. The molecule has 2 aromatic carbocycles. The molecule has 0 bridgehead atoms. The first-order valence-corrected chi connectivity index (χ1v) is 10.9. The summed E-state index contributed by atoms with van der Waals surface area (Å²) < 4.78 is 19.7. The molecule has 2 aromatic heterocycles. The Hall–Kier alpha value is -3.32. The molecule has 1 unspecified atom stereocenters. The molecule has 0 saturated heterocycles. The van der Waals surface area contributed by atoms with Gasteiger partial charge in [0.2, 0.25) is 5.91 Å². The van der Waals surface area contributed by atoms with Crippen LogP contribution in [0.4, 0.5) is 4.39 Å². The Kier molecular flexibility index (Phi) is 5.35. The summed E-state index contributed by atoms with van der Waals surface area (Å²) in [7, 11) is 1.71. The van der Waals surface area contributed by atoms with Crippen LogP contribution in [0.3, 0.4) is 0 Å². The standard InChI is InChI=1S/C25H25FN4O2/c1-32-23(25-29-21-8-6-16(24(27)31)12-22(21)30-25)15-4-2-14(3-5-15)18-10-11-28-20-9-7-17(26)13-19(18)20/h6-15,23H,2-5H2,1H3,(H2,27,31)(H,29,30). The van der Waals surface area contributed by atoms with Gasteiger partial charge in [-0.2, -0.15) is 0 Å². The first-order valence-electron chi connectivity index (χ1n) is 10.9. The van der Waals surface area contributed by atoms with Gasteiger partial charge in [-0.25, -0.2) is 9.37 Å². The molecule has 0 aliphatic heterocycles. The van der Waals surface area contributed by atoms with Crippen molar-refractivity contribution in [2.75, 3.05) is 7.11 Å². The lowest BCUT2D eigenvalue weighted by atomic mass is 9.76. The fourth-order valence-electron chi connectivity index (χ4n) is 5.07. The van der Waals surface area contributed by atoms with Gasteiger partial charge in [-0.15, -0.1) is 0 Å². The van der Waals surface area contributed by atoms with Crippen molar-refractivity contribution >= 4 is 27.8 Å². The quantitative estimate of drug-likeness (QED) is 0.463. The fourth-order valence-corrected chi connectivity index (χ4v) is 5.07. The summed E-state index contributed by atoms with van der Waals surface area (Å²) in [5.74, 6) is 0.753. The van der Waals surface area contributed by atoms with E-state index in [1.165, 1.54) is 11.6 Å². The third-order valence-electron chi connectivity index (χ3n) is 6.69. The van der Waals surface area contributed by atoms with Crippen molar-refractivity contribution in [1.29, 1.82) is 0 Å². The van der Waals surface area contributed by atoms with Gasteiger partial charge >= 0.3 is 0 Å². The predicted molar refractivity (Wildman–Crippen MR) is 121 cm³/mol. The number of carbonyl (C=O) groups excluding carboxylic acids is 1. The normalized spacial score (nSPS) is 19.9. The number of aromatic nitrogens is 3. The van der Waals surface area contributed by atoms with Crippen molar-refractivity contribution in [2.24, 2.45) is 11.7 Å². The maximum atomic E-state index is 13.9. The topological polar surface area (TPSA) is 93.9 Å². The van der Waals surface area contributed by atoms with Crippen LogP contribution < -0.4 is 5.73 Å². The number of aromatic amines is 1. The summed E-state index contributed by atoms with van der Waals surface area (Å²) in [6.45, 7) is 0. The van der Waals surface area contributed by atoms with E-state index in [1.807, 2.05) is 12.3 Å². The van der Waals surface area contributed by atoms with E-state index < -0.39 is 5.91 Å². The second-order valence-electron chi connectivity index (χ2n) is 8.55. The Morgan fingerprint density at radius 2 is 1.91 bits per heavy atom. The van der Waals surface area contributed by atoms with Crippen LogP contribution >= 0.6 is 0 Å². The maximum absolute atomic E-state index is 13.9. The molecule has 7 heteroatoms. The van der Waals surface area contributed by atoms with Crippen LogP contribution in [-0.2, 0) is 4.74 Å². The lowest BCUT2D eigenvalue weighted by Gasteiger charge is -2.33. The Morgan fingerprint density at radius 3 is 2.66 bits per heavy atom. The van der Waals surface area contributed by atoms with Gasteiger partial charge < -0.3 is 15.5 Å². The molecule has 0 radical (unpaired) electrons. The molecule has 1 aliphatic rings. The molecule has 1 fully saturated rings. The van der Waals surface area contributed by atoms with Crippen molar-refractivity contribution in [3.8, 4) is 0 Å². The van der Waals surface area contributed by atoms with Crippen molar-refractivity contribution < 1.29 is 13.9 Å². The molecule has 0 spiro atoms. The molecule has 6 nitrogen and oxygen atoms in total. The number of pyridine rings is 1. The van der Waals surface area contributed by atoms with Crippen LogP contribution in [0.5, 0.6) is 0 Å². The number of carbonyl (C=O) groups is 1. The van der Waals surface area contributed by atoms with Crippen LogP contribution in [0.2, 0.25) is 0 Å². The number of nitrogens with one attached hydrogen (secondary N) is 1. The minimum atomic E-state index is -0.465. The molecule has 32 heavy (non-hydrogen) atoms. The Morgan fingerprint density at radius 1 is 1.12 bits per heavy atom. The number of fused-ring (bicyclic) bond motifs is 2. The van der Waals surface area contributed by atoms with Crippen molar-refractivity contribution in [3.05, 3.63) is 71.4 Å². The van der Waals surface area contributed by atoms with E-state index in [0.717, 1.165) is 53.4 Å². The summed E-state index contributed by atoms with van der Waals surface area (Å²) in [6.07, 6.45) is 5.59. The molecule has 1 saturated carbocycles. The van der Waals surface area contributed by atoms with Crippen LogP contribution in [0.15, 0.2) is 48.7 Å². The van der Waals surface area contributed by atoms with Crippen molar-refractivity contribution in [2.45, 2.75) is 37.7 Å². The summed E-state index contributed by atoms with van der Waals surface area (Å²) in [5.41, 5.74) is 9.40. The molecule has 1 aliphatic carbocycles. The molecule has 5 rings (SSSR count). The number of nitrogens with zero attached hydrogens (tertiary/aromatic N) is 2. The number of rotatable bonds is 5. The molecule has 1 atom stereocenters. The lowest BCUT2D eigenvalue weighted by Crippen LogP contribution is -2.22. The number of imidazole rings is 1. The second-order valence-corrected chi connectivity index (χ2v) is 8.55. The minimum Gasteiger partial charge on any atom is -0.373 e. The Balaban J connectivity index is 1.36. The highest BCUT2D eigenvalue weighted by Crippen LogP contribution is 2.43. The zero-order valence-electron chi connectivity index (χ0n) is 17.8. The second kappa shape index (κ2) is 8.31. The Labute approximate surface area is 185 Å². The first kappa shape index (κ1) is 20.6. The van der Waals surface area contributed by atoms with Gasteiger partial charge in [-0.05, 0) is 85.5 Å². The van der Waals surface area contributed by atoms with Gasteiger partial charge in [-0.3, -0.25) is 9.78 Å². The highest BCUT2D eigenvalue weighted by Gasteiger charge is 2.31. The first-order chi connectivity index (χ1) is 15.5. The van der Waals surface area contributed by atoms with Gasteiger partial charge in [-0.1, -0.05) is 0 Å². The third-order valence-corrected chi connectivity index (χ3v) is 6.69. The van der Waals surface area contributed by atoms with Crippen molar-refractivity contribution in [3.63, 3.8) is 0 Å². The molecule has 4 aromatic rings. The number of amides is 1. The zero-order chi connectivity index (χ0) is 22.2. The molecule has 3 N–H and O–H groups in total. The highest BCUT2D eigenvalue weighted by atomic mass is 19.1. The highest BCUT2D eigenvalue weighted by molar-refractivity contribution is 5.96. The van der Waals surface area contributed by atoms with E-state index in [0.29, 0.717) is 17.4 Å². The van der Waals surface area contributed by atoms with Gasteiger partial charge in [0.05, 0.1) is 16.6 Å². The molecule has 1 amide bonds. The van der Waals surface area contributed by atoms with Crippen LogP contribution in [-0.4, -0.2) is 28.0 Å². The summed E-state index contributed by atoms with van der Waals surface area (Å²) >= 11 is 0. The van der Waals surface area contributed by atoms with Crippen molar-refractivity contribution in [1.82, 2.24) is 15.0 Å². The van der Waals surface area contributed by atoms with Crippen LogP contribution in [0, 0.1) is 11.7 Å². The van der Waals surface area contributed by atoms with E-state index in [4.69, 9.17) is 15.5 Å². The monoisotopic (exact) mass is 432 g/mol. The number of ether oxygens (including phenoxy) is 1. The average Bonchev–Trinajstić information content (AvgIpc) is 3.22. The number of methoxy groups -OCH3 is 1. The van der Waals surface area contributed by atoms with Gasteiger partial charge in [0.25, 0.3) is 0 Å². The van der Waals surface area contributed by atoms with E-state index in [1.54, 1.807) is 37.4 Å². The summed E-state index contributed by atoms with van der Waals surface area (Å²) in [5, 5.41) is 0.904. The van der Waals surface area contributed by atoms with Crippen LogP contribution in [0.25, 0.3) is 21.9 Å². The molecule has 2 heterocycles. The van der Waals surface area contributed by atoms with Gasteiger partial charge in [0, 0.05) is 24.3 Å². The van der Waals surface area contributed by atoms with Gasteiger partial charge in [0.15, 0.2) is 0 Å². The largest absolute Gasteiger partial charge is 0.373 e. The minimum absolute atomic E-state index is 0.160. The van der Waals surface area contributed by atoms with E-state index in [-0.39, 0.29) is 11.9 Å². The number of hydrogen-bond acceptors (Lipinski definition) is 4. The zero-order valence-corrected chi connectivity index (χ0v) is 17.8. The third kappa shape index (κ3) is 3.73. The number of halogens is 1. The lowest BCUT2D eigenvalue weighted by molar-refractivity contribution is 0.0274. The van der Waals surface area contributed by atoms with E-state index in [9.17, 15) is 9.18 Å². The van der Waals surface area contributed by atoms with E-state index in [2.05, 4.69) is 9.97 Å². The Bertz CT molecular complexity index is 1290. The SMILES string of the molecule is COC(c1nc2ccc(C(N)=O)cc2[nH]1)C1CCC(c2ccnc3ccc(F)cc23)CC1. The maximum Gasteiger partial charge on any atom is 0.248 e. The summed E-state index contributed by atoms with van der Waals surface area (Å²) in [6, 6.07) is 12.0.